The van der Waals surface area contributed by atoms with Crippen LogP contribution in [0.5, 0.6) is 0 Å². The van der Waals surface area contributed by atoms with Gasteiger partial charge in [-0.1, -0.05) is 18.0 Å². The molecule has 3 nitrogen and oxygen atoms in total. The van der Waals surface area contributed by atoms with Crippen LogP contribution in [0.25, 0.3) is 0 Å². The first kappa shape index (κ1) is 14.2. The molecule has 2 rings (SSSR count). The van der Waals surface area contributed by atoms with Gasteiger partial charge in [-0.05, 0) is 38.6 Å². The Hall–Kier alpha value is -0.250. The van der Waals surface area contributed by atoms with Gasteiger partial charge < -0.3 is 5.32 Å². The summed E-state index contributed by atoms with van der Waals surface area (Å²) in [4.78, 5) is 0. The molecule has 1 heterocycles. The van der Waals surface area contributed by atoms with Crippen molar-refractivity contribution in [3.8, 4) is 0 Å². The van der Waals surface area contributed by atoms with Gasteiger partial charge in [0.25, 0.3) is 0 Å². The molecule has 1 aliphatic rings. The minimum absolute atomic E-state index is 0.369. The first-order valence-corrected chi connectivity index (χ1v) is 7.42. The van der Waals surface area contributed by atoms with E-state index in [4.69, 9.17) is 23.2 Å². The summed E-state index contributed by atoms with van der Waals surface area (Å²) < 4.78 is 1.86. The van der Waals surface area contributed by atoms with Gasteiger partial charge in [0.15, 0.2) is 0 Å². The Morgan fingerprint density at radius 1 is 1.44 bits per heavy atom. The number of alkyl halides is 1. The summed E-state index contributed by atoms with van der Waals surface area (Å²) in [7, 11) is 1.94. The zero-order chi connectivity index (χ0) is 13.1. The maximum Gasteiger partial charge on any atom is 0.0860 e. The minimum atomic E-state index is 0.369. The summed E-state index contributed by atoms with van der Waals surface area (Å²) in [5, 5.41) is 8.94. The molecular weight excluding hydrogens is 269 g/mol. The molecule has 0 radical (unpaired) electrons. The van der Waals surface area contributed by atoms with E-state index in [-0.39, 0.29) is 0 Å². The van der Waals surface area contributed by atoms with Crippen molar-refractivity contribution in [2.75, 3.05) is 6.54 Å². The normalized spacial score (nSPS) is 24.4. The van der Waals surface area contributed by atoms with E-state index in [1.54, 1.807) is 0 Å². The molecule has 2 atom stereocenters. The number of halogens is 2. The summed E-state index contributed by atoms with van der Waals surface area (Å²) in [6.07, 6.45) is 4.85. The topological polar surface area (TPSA) is 29.9 Å². The van der Waals surface area contributed by atoms with Gasteiger partial charge >= 0.3 is 0 Å². The number of rotatable bonds is 4. The number of hydrogen-bond acceptors (Lipinski definition) is 2. The third-order valence-electron chi connectivity index (χ3n) is 3.71. The van der Waals surface area contributed by atoms with Crippen molar-refractivity contribution in [2.45, 2.75) is 44.5 Å². The quantitative estimate of drug-likeness (QED) is 0.863. The third kappa shape index (κ3) is 3.40. The second-order valence-electron chi connectivity index (χ2n) is 5.23. The lowest BCUT2D eigenvalue weighted by Gasteiger charge is -2.25. The molecule has 1 aromatic rings. The van der Waals surface area contributed by atoms with Crippen LogP contribution in [0, 0.1) is 12.8 Å². The Balaban J connectivity index is 1.81. The van der Waals surface area contributed by atoms with Crippen molar-refractivity contribution >= 4 is 23.2 Å². The van der Waals surface area contributed by atoms with Crippen molar-refractivity contribution in [3.63, 3.8) is 0 Å². The maximum absolute atomic E-state index is 6.21. The van der Waals surface area contributed by atoms with Crippen LogP contribution in [0.15, 0.2) is 0 Å². The molecule has 18 heavy (non-hydrogen) atoms. The van der Waals surface area contributed by atoms with E-state index in [1.807, 2.05) is 18.7 Å². The van der Waals surface area contributed by atoms with Gasteiger partial charge in [-0.2, -0.15) is 5.10 Å². The third-order valence-corrected chi connectivity index (χ3v) is 4.59. The van der Waals surface area contributed by atoms with Gasteiger partial charge in [0, 0.05) is 19.0 Å². The summed E-state index contributed by atoms with van der Waals surface area (Å²) >= 11 is 12.4. The lowest BCUT2D eigenvalue weighted by molar-refractivity contribution is 0.345. The van der Waals surface area contributed by atoms with Crippen molar-refractivity contribution in [3.05, 3.63) is 16.4 Å². The van der Waals surface area contributed by atoms with Gasteiger partial charge in [-0.25, -0.2) is 0 Å². The second kappa shape index (κ2) is 6.27. The molecule has 0 bridgehead atoms. The molecule has 0 saturated heterocycles. The van der Waals surface area contributed by atoms with Gasteiger partial charge in [-0.3, -0.25) is 4.68 Å². The highest BCUT2D eigenvalue weighted by atomic mass is 35.5. The zero-order valence-electron chi connectivity index (χ0n) is 11.0. The van der Waals surface area contributed by atoms with Gasteiger partial charge in [0.1, 0.15) is 0 Å². The summed E-state index contributed by atoms with van der Waals surface area (Å²) in [6, 6.07) is 0. The van der Waals surface area contributed by atoms with E-state index < -0.39 is 0 Å². The zero-order valence-corrected chi connectivity index (χ0v) is 12.6. The minimum Gasteiger partial charge on any atom is -0.311 e. The van der Waals surface area contributed by atoms with Gasteiger partial charge in [-0.15, -0.1) is 11.6 Å². The molecule has 1 N–H and O–H groups in total. The smallest absolute Gasteiger partial charge is 0.0860 e. The first-order chi connectivity index (χ1) is 8.58. The molecule has 1 aliphatic carbocycles. The number of nitrogens with zero attached hydrogens (tertiary/aromatic N) is 2. The van der Waals surface area contributed by atoms with Crippen LogP contribution in [0.4, 0.5) is 0 Å². The predicted molar refractivity (Wildman–Crippen MR) is 76.3 cm³/mol. The molecular formula is C13H21Cl2N3. The van der Waals surface area contributed by atoms with E-state index in [9.17, 15) is 0 Å². The molecule has 1 aromatic heterocycles. The highest BCUT2D eigenvalue weighted by Gasteiger charge is 2.20. The number of nitrogens with one attached hydrogen (secondary N) is 1. The van der Waals surface area contributed by atoms with Crippen LogP contribution in [-0.4, -0.2) is 21.7 Å². The van der Waals surface area contributed by atoms with Crippen LogP contribution in [0.1, 0.15) is 37.1 Å². The molecule has 0 aliphatic heterocycles. The average molecular weight is 290 g/mol. The molecule has 5 heteroatoms. The fraction of sp³-hybridized carbons (Fsp3) is 0.769. The first-order valence-electron chi connectivity index (χ1n) is 6.60. The average Bonchev–Trinajstić information content (AvgIpc) is 2.56. The van der Waals surface area contributed by atoms with E-state index >= 15 is 0 Å². The predicted octanol–water partition coefficient (Wildman–Crippen LogP) is 3.27. The van der Waals surface area contributed by atoms with E-state index in [0.717, 1.165) is 35.9 Å². The van der Waals surface area contributed by atoms with E-state index in [2.05, 4.69) is 10.4 Å². The number of aromatic nitrogens is 2. The van der Waals surface area contributed by atoms with Crippen molar-refractivity contribution in [1.29, 1.82) is 0 Å². The fourth-order valence-electron chi connectivity index (χ4n) is 2.68. The molecule has 1 saturated carbocycles. The Morgan fingerprint density at radius 2 is 2.22 bits per heavy atom. The maximum atomic E-state index is 6.21. The van der Waals surface area contributed by atoms with Crippen molar-refractivity contribution in [2.24, 2.45) is 13.0 Å². The molecule has 0 aromatic carbocycles. The summed E-state index contributed by atoms with van der Waals surface area (Å²) in [5.74, 6) is 0.703. The van der Waals surface area contributed by atoms with Gasteiger partial charge in [0.2, 0.25) is 0 Å². The van der Waals surface area contributed by atoms with E-state index in [0.29, 0.717) is 11.3 Å². The van der Waals surface area contributed by atoms with Crippen molar-refractivity contribution in [1.82, 2.24) is 15.1 Å². The summed E-state index contributed by atoms with van der Waals surface area (Å²) in [6.45, 7) is 3.73. The SMILES string of the molecule is Cc1nn(C)c(CNCC2CCCC(Cl)C2)c1Cl. The van der Waals surface area contributed by atoms with Crippen LogP contribution in [0.2, 0.25) is 5.02 Å². The molecule has 0 amide bonds. The molecule has 2 unspecified atom stereocenters. The Bertz CT molecular complexity index is 403. The summed E-state index contributed by atoms with van der Waals surface area (Å²) in [5.41, 5.74) is 1.96. The van der Waals surface area contributed by atoms with Crippen LogP contribution < -0.4 is 5.32 Å². The van der Waals surface area contributed by atoms with E-state index in [1.165, 1.54) is 19.3 Å². The van der Waals surface area contributed by atoms with Crippen LogP contribution in [-0.2, 0) is 13.6 Å². The number of hydrogen-bond donors (Lipinski definition) is 1. The largest absolute Gasteiger partial charge is 0.311 e. The highest BCUT2D eigenvalue weighted by Crippen LogP contribution is 2.27. The lowest BCUT2D eigenvalue weighted by atomic mass is 9.89. The van der Waals surface area contributed by atoms with Crippen LogP contribution in [0.3, 0.4) is 0 Å². The second-order valence-corrected chi connectivity index (χ2v) is 6.23. The number of aryl methyl sites for hydroxylation is 2. The molecule has 1 fully saturated rings. The Labute approximate surface area is 119 Å². The Morgan fingerprint density at radius 3 is 2.83 bits per heavy atom. The molecule has 102 valence electrons. The Kier molecular flexibility index (Phi) is 4.93. The van der Waals surface area contributed by atoms with Crippen LogP contribution >= 0.6 is 23.2 Å². The monoisotopic (exact) mass is 289 g/mol. The highest BCUT2D eigenvalue weighted by molar-refractivity contribution is 6.31. The van der Waals surface area contributed by atoms with Crippen molar-refractivity contribution < 1.29 is 0 Å². The fourth-order valence-corrected chi connectivity index (χ4v) is 3.31. The van der Waals surface area contributed by atoms with Gasteiger partial charge in [0.05, 0.1) is 16.4 Å². The molecule has 0 spiro atoms. The standard InChI is InChI=1S/C13H21Cl2N3/c1-9-13(15)12(18(2)17-9)8-16-7-10-4-3-5-11(14)6-10/h10-11,16H,3-8H2,1-2H3. The lowest BCUT2D eigenvalue weighted by Crippen LogP contribution is -2.28.